The molecule has 1 aromatic carbocycles. The molecule has 0 nitrogen and oxygen atoms in total. The van der Waals surface area contributed by atoms with Crippen molar-refractivity contribution in [2.75, 3.05) is 0 Å². The zero-order valence-electron chi connectivity index (χ0n) is 12.3. The van der Waals surface area contributed by atoms with E-state index in [2.05, 4.69) is 62.4 Å². The molecule has 0 saturated heterocycles. The molecule has 0 N–H and O–H groups in total. The molecule has 0 unspecified atom stereocenters. The van der Waals surface area contributed by atoms with Gasteiger partial charge in [0, 0.05) is 0 Å². The van der Waals surface area contributed by atoms with E-state index < -0.39 is 0 Å². The van der Waals surface area contributed by atoms with Crippen molar-refractivity contribution in [3.63, 3.8) is 0 Å². The Morgan fingerprint density at radius 3 is 2.37 bits per heavy atom. The number of hydrogen-bond donors (Lipinski definition) is 0. The fourth-order valence-electron chi connectivity index (χ4n) is 1.74. The van der Waals surface area contributed by atoms with E-state index in [0.29, 0.717) is 15.0 Å². The van der Waals surface area contributed by atoms with Crippen LogP contribution in [0.5, 0.6) is 0 Å². The van der Waals surface area contributed by atoms with Crippen molar-refractivity contribution >= 4 is 19.4 Å². The molecule has 0 heterocycles. The summed E-state index contributed by atoms with van der Waals surface area (Å²) in [5.41, 5.74) is 0. The summed E-state index contributed by atoms with van der Waals surface area (Å²) in [6, 6.07) is 10.9. The van der Waals surface area contributed by atoms with Crippen LogP contribution in [-0.4, -0.2) is 15.0 Å². The van der Waals surface area contributed by atoms with E-state index in [1.54, 1.807) is 0 Å². The number of hydrogen-bond acceptors (Lipinski definition) is 0. The average Bonchev–Trinajstić information content (AvgIpc) is 2.44. The summed E-state index contributed by atoms with van der Waals surface area (Å²) in [6.45, 7) is 4.51. The maximum atomic E-state index is 2.44. The molecule has 0 aliphatic rings. The summed E-state index contributed by atoms with van der Waals surface area (Å²) in [6.07, 6.45) is 14.8. The van der Waals surface area contributed by atoms with Crippen LogP contribution < -0.4 is 4.46 Å². The standard InChI is InChI=1S/C18H26Se/c1-3-5-7-10-14-17(13-9-6-4-2)19-18-15-11-8-12-16-18/h8,10-16H,3-7,9H2,1-2H3/b14-10+,17-13-. The Bertz CT molecular complexity index is 376. The van der Waals surface area contributed by atoms with Crippen LogP contribution in [0.15, 0.2) is 53.0 Å². The van der Waals surface area contributed by atoms with Crippen LogP contribution in [0.2, 0.25) is 0 Å². The van der Waals surface area contributed by atoms with Crippen LogP contribution >= 0.6 is 0 Å². The maximum absolute atomic E-state index is 2.44. The third-order valence-electron chi connectivity index (χ3n) is 2.89. The third kappa shape index (κ3) is 8.08. The molecule has 0 aromatic heterocycles. The second-order valence-corrected chi connectivity index (χ2v) is 7.11. The normalized spacial score (nSPS) is 12.2. The summed E-state index contributed by atoms with van der Waals surface area (Å²) in [5.74, 6) is 0. The van der Waals surface area contributed by atoms with Gasteiger partial charge in [0.25, 0.3) is 0 Å². The molecule has 0 aliphatic carbocycles. The first-order valence-electron chi connectivity index (χ1n) is 7.46. The molecule has 0 spiro atoms. The van der Waals surface area contributed by atoms with E-state index in [0.717, 1.165) is 0 Å². The monoisotopic (exact) mass is 322 g/mol. The first-order chi connectivity index (χ1) is 9.36. The Morgan fingerprint density at radius 2 is 1.68 bits per heavy atom. The molecule has 104 valence electrons. The Morgan fingerprint density at radius 1 is 1.00 bits per heavy atom. The van der Waals surface area contributed by atoms with Gasteiger partial charge in [0.2, 0.25) is 0 Å². The molecular weight excluding hydrogens is 295 g/mol. The van der Waals surface area contributed by atoms with Crippen LogP contribution in [-0.2, 0) is 0 Å². The van der Waals surface area contributed by atoms with Crippen molar-refractivity contribution in [1.82, 2.24) is 0 Å². The molecule has 0 bridgehead atoms. The van der Waals surface area contributed by atoms with Gasteiger partial charge in [-0.05, 0) is 0 Å². The predicted octanol–water partition coefficient (Wildman–Crippen LogP) is 4.84. The van der Waals surface area contributed by atoms with Crippen molar-refractivity contribution < 1.29 is 0 Å². The van der Waals surface area contributed by atoms with E-state index in [4.69, 9.17) is 0 Å². The summed E-state index contributed by atoms with van der Waals surface area (Å²) in [4.78, 5) is 0. The van der Waals surface area contributed by atoms with Crippen LogP contribution in [0.25, 0.3) is 0 Å². The molecule has 0 amide bonds. The Labute approximate surface area is 125 Å². The van der Waals surface area contributed by atoms with E-state index in [1.807, 2.05) is 0 Å². The van der Waals surface area contributed by atoms with Gasteiger partial charge in [0.1, 0.15) is 0 Å². The van der Waals surface area contributed by atoms with E-state index >= 15 is 0 Å². The van der Waals surface area contributed by atoms with Gasteiger partial charge in [-0.2, -0.15) is 0 Å². The molecule has 1 aromatic rings. The molecule has 1 heteroatoms. The fourth-order valence-corrected chi connectivity index (χ4v) is 3.69. The predicted molar refractivity (Wildman–Crippen MR) is 88.1 cm³/mol. The number of rotatable bonds is 9. The van der Waals surface area contributed by atoms with Crippen LogP contribution in [0.3, 0.4) is 0 Å². The van der Waals surface area contributed by atoms with Gasteiger partial charge in [0.05, 0.1) is 0 Å². The Hall–Kier alpha value is -0.781. The van der Waals surface area contributed by atoms with Crippen molar-refractivity contribution in [1.29, 1.82) is 0 Å². The van der Waals surface area contributed by atoms with Crippen molar-refractivity contribution in [2.24, 2.45) is 0 Å². The Balaban J connectivity index is 2.58. The van der Waals surface area contributed by atoms with E-state index in [9.17, 15) is 0 Å². The quantitative estimate of drug-likeness (QED) is 0.347. The Kier molecular flexibility index (Phi) is 9.49. The van der Waals surface area contributed by atoms with Gasteiger partial charge in [-0.15, -0.1) is 0 Å². The molecule has 19 heavy (non-hydrogen) atoms. The van der Waals surface area contributed by atoms with Crippen molar-refractivity contribution in [3.05, 3.63) is 53.0 Å². The molecule has 0 atom stereocenters. The summed E-state index contributed by atoms with van der Waals surface area (Å²) in [7, 11) is 0. The molecule has 0 fully saturated rings. The van der Waals surface area contributed by atoms with E-state index in [1.165, 1.54) is 47.5 Å². The first kappa shape index (κ1) is 16.3. The topological polar surface area (TPSA) is 0 Å². The second-order valence-electron chi connectivity index (χ2n) is 4.71. The number of unbranched alkanes of at least 4 members (excludes halogenated alkanes) is 4. The van der Waals surface area contributed by atoms with Crippen molar-refractivity contribution in [2.45, 2.75) is 52.4 Å². The number of allylic oxidation sites excluding steroid dienone is 4. The first-order valence-corrected chi connectivity index (χ1v) is 9.17. The minimum absolute atomic E-state index is 0.456. The van der Waals surface area contributed by atoms with Crippen LogP contribution in [0, 0.1) is 0 Å². The molecule has 1 rings (SSSR count). The van der Waals surface area contributed by atoms with Gasteiger partial charge < -0.3 is 0 Å². The number of benzene rings is 1. The second kappa shape index (κ2) is 11.1. The summed E-state index contributed by atoms with van der Waals surface area (Å²) in [5, 5.41) is 0. The van der Waals surface area contributed by atoms with Gasteiger partial charge in [-0.25, -0.2) is 0 Å². The minimum atomic E-state index is 0.456. The van der Waals surface area contributed by atoms with Gasteiger partial charge in [-0.3, -0.25) is 0 Å². The van der Waals surface area contributed by atoms with Gasteiger partial charge in [-0.1, -0.05) is 0 Å². The van der Waals surface area contributed by atoms with Crippen LogP contribution in [0.1, 0.15) is 52.4 Å². The third-order valence-corrected chi connectivity index (χ3v) is 5.08. The zero-order valence-corrected chi connectivity index (χ0v) is 14.0. The molecule has 0 saturated carbocycles. The molecule has 0 radical (unpaired) electrons. The van der Waals surface area contributed by atoms with E-state index in [-0.39, 0.29) is 0 Å². The summed E-state index contributed by atoms with van der Waals surface area (Å²) < 4.78 is 3.00. The van der Waals surface area contributed by atoms with Gasteiger partial charge in [0.15, 0.2) is 0 Å². The zero-order chi connectivity index (χ0) is 13.8. The van der Waals surface area contributed by atoms with Gasteiger partial charge >= 0.3 is 125 Å². The summed E-state index contributed by atoms with van der Waals surface area (Å²) >= 11 is 0.456. The van der Waals surface area contributed by atoms with Crippen molar-refractivity contribution in [3.8, 4) is 0 Å². The SMILES string of the molecule is CCCC/C=C(/C=C/CCCC)[Se]c1ccccc1. The van der Waals surface area contributed by atoms with Crippen LogP contribution in [0.4, 0.5) is 0 Å². The molecular formula is C18H26Se. The average molecular weight is 321 g/mol. The fraction of sp³-hybridized carbons (Fsp3) is 0.444. The molecule has 0 aliphatic heterocycles.